The van der Waals surface area contributed by atoms with Crippen LogP contribution in [0, 0.1) is 12.3 Å². The minimum Gasteiger partial charge on any atom is -0.343 e. The lowest BCUT2D eigenvalue weighted by molar-refractivity contribution is -0.133. The lowest BCUT2D eigenvalue weighted by Crippen LogP contribution is -2.44. The van der Waals surface area contributed by atoms with E-state index in [1.807, 2.05) is 0 Å². The zero-order chi connectivity index (χ0) is 14.7. The number of hydrogen-bond acceptors (Lipinski definition) is 2. The van der Waals surface area contributed by atoms with E-state index in [1.54, 1.807) is 0 Å². The molecule has 0 aromatic heterocycles. The highest BCUT2D eigenvalue weighted by Gasteiger charge is 2.37. The number of halogens is 1. The van der Waals surface area contributed by atoms with Crippen LogP contribution < -0.4 is 5.32 Å². The number of aryl methyl sites for hydroxylation is 2. The van der Waals surface area contributed by atoms with Crippen LogP contribution in [0.4, 0.5) is 0 Å². The SMILES string of the molecule is Cc1ccccc1CCC(=O)N1CCC2(CCNC2)CC1.Cl. The number of nitrogens with zero attached hydrogens (tertiary/aromatic N) is 1. The summed E-state index contributed by atoms with van der Waals surface area (Å²) in [5, 5.41) is 3.48. The fourth-order valence-electron chi connectivity index (χ4n) is 3.74. The third-order valence-electron chi connectivity index (χ3n) is 5.38. The van der Waals surface area contributed by atoms with Gasteiger partial charge in [-0.2, -0.15) is 0 Å². The van der Waals surface area contributed by atoms with Crippen molar-refractivity contribution in [3.63, 3.8) is 0 Å². The van der Waals surface area contributed by atoms with Gasteiger partial charge < -0.3 is 10.2 Å². The molecule has 0 saturated carbocycles. The van der Waals surface area contributed by atoms with Crippen molar-refractivity contribution < 1.29 is 4.79 Å². The number of likely N-dealkylation sites (tertiary alicyclic amines) is 1. The molecule has 122 valence electrons. The van der Waals surface area contributed by atoms with Gasteiger partial charge in [-0.05, 0) is 55.7 Å². The summed E-state index contributed by atoms with van der Waals surface area (Å²) in [6, 6.07) is 8.38. The number of nitrogens with one attached hydrogen (secondary N) is 1. The molecule has 1 N–H and O–H groups in total. The fourth-order valence-corrected chi connectivity index (χ4v) is 3.74. The maximum absolute atomic E-state index is 12.4. The normalized spacial score (nSPS) is 20.0. The minimum atomic E-state index is 0. The van der Waals surface area contributed by atoms with E-state index >= 15 is 0 Å². The van der Waals surface area contributed by atoms with Crippen molar-refractivity contribution in [1.29, 1.82) is 0 Å². The van der Waals surface area contributed by atoms with Gasteiger partial charge in [0, 0.05) is 26.1 Å². The first-order chi connectivity index (χ1) is 10.2. The molecule has 0 unspecified atom stereocenters. The second-order valence-corrected chi connectivity index (χ2v) is 6.73. The van der Waals surface area contributed by atoms with Gasteiger partial charge in [0.05, 0.1) is 0 Å². The van der Waals surface area contributed by atoms with Crippen molar-refractivity contribution >= 4 is 18.3 Å². The first-order valence-corrected chi connectivity index (χ1v) is 8.22. The molecule has 2 fully saturated rings. The summed E-state index contributed by atoms with van der Waals surface area (Å²) in [7, 11) is 0. The second-order valence-electron chi connectivity index (χ2n) is 6.73. The standard InChI is InChI=1S/C18H26N2O.ClH/c1-15-4-2-3-5-16(15)6-7-17(21)20-12-9-18(10-13-20)8-11-19-14-18;/h2-5,19H,6-14H2,1H3;1H. The van der Waals surface area contributed by atoms with Crippen LogP contribution >= 0.6 is 12.4 Å². The highest BCUT2D eigenvalue weighted by Crippen LogP contribution is 2.37. The molecule has 22 heavy (non-hydrogen) atoms. The van der Waals surface area contributed by atoms with Gasteiger partial charge in [-0.15, -0.1) is 12.4 Å². The van der Waals surface area contributed by atoms with Crippen molar-refractivity contribution in [3.05, 3.63) is 35.4 Å². The van der Waals surface area contributed by atoms with Crippen LogP contribution in [0.25, 0.3) is 0 Å². The summed E-state index contributed by atoms with van der Waals surface area (Å²) in [5.74, 6) is 0.332. The summed E-state index contributed by atoms with van der Waals surface area (Å²) in [6.07, 6.45) is 5.16. The van der Waals surface area contributed by atoms with Gasteiger partial charge in [0.2, 0.25) is 5.91 Å². The predicted octanol–water partition coefficient (Wildman–Crippen LogP) is 2.95. The highest BCUT2D eigenvalue weighted by atomic mass is 35.5. The lowest BCUT2D eigenvalue weighted by Gasteiger charge is -2.39. The van der Waals surface area contributed by atoms with Gasteiger partial charge in [-0.3, -0.25) is 4.79 Å². The zero-order valence-electron chi connectivity index (χ0n) is 13.4. The van der Waals surface area contributed by atoms with Crippen LogP contribution in [-0.4, -0.2) is 37.0 Å². The van der Waals surface area contributed by atoms with E-state index in [1.165, 1.54) is 30.4 Å². The molecule has 2 aliphatic heterocycles. The summed E-state index contributed by atoms with van der Waals surface area (Å²) in [4.78, 5) is 14.5. The number of benzene rings is 1. The van der Waals surface area contributed by atoms with E-state index in [-0.39, 0.29) is 12.4 Å². The monoisotopic (exact) mass is 322 g/mol. The molecule has 0 radical (unpaired) electrons. The van der Waals surface area contributed by atoms with E-state index in [9.17, 15) is 4.79 Å². The number of piperidine rings is 1. The molecule has 3 rings (SSSR count). The maximum Gasteiger partial charge on any atom is 0.222 e. The number of carbonyl (C=O) groups excluding carboxylic acids is 1. The Balaban J connectivity index is 0.00000176. The van der Waals surface area contributed by atoms with Crippen LogP contribution in [0.3, 0.4) is 0 Å². The number of rotatable bonds is 3. The van der Waals surface area contributed by atoms with Gasteiger partial charge in [-0.25, -0.2) is 0 Å². The zero-order valence-corrected chi connectivity index (χ0v) is 14.3. The lowest BCUT2D eigenvalue weighted by atomic mass is 9.78. The molecule has 0 atom stereocenters. The van der Waals surface area contributed by atoms with Crippen molar-refractivity contribution in [3.8, 4) is 0 Å². The first kappa shape index (κ1) is 17.3. The molecular formula is C18H27ClN2O. The molecule has 1 aromatic carbocycles. The number of carbonyl (C=O) groups is 1. The Hall–Kier alpha value is -1.06. The summed E-state index contributed by atoms with van der Waals surface area (Å²) in [5.41, 5.74) is 3.09. The Morgan fingerprint density at radius 1 is 1.23 bits per heavy atom. The molecule has 1 spiro atoms. The maximum atomic E-state index is 12.4. The second kappa shape index (κ2) is 7.47. The first-order valence-electron chi connectivity index (χ1n) is 8.22. The van der Waals surface area contributed by atoms with E-state index in [2.05, 4.69) is 41.4 Å². The Morgan fingerprint density at radius 2 is 1.95 bits per heavy atom. The predicted molar refractivity (Wildman–Crippen MR) is 92.5 cm³/mol. The van der Waals surface area contributed by atoms with E-state index in [4.69, 9.17) is 0 Å². The van der Waals surface area contributed by atoms with Gasteiger partial charge in [-0.1, -0.05) is 24.3 Å². The third kappa shape index (κ3) is 3.82. The molecule has 2 heterocycles. The Morgan fingerprint density at radius 3 is 2.59 bits per heavy atom. The van der Waals surface area contributed by atoms with Crippen molar-refractivity contribution in [2.45, 2.75) is 39.0 Å². The van der Waals surface area contributed by atoms with Gasteiger partial charge in [0.1, 0.15) is 0 Å². The third-order valence-corrected chi connectivity index (χ3v) is 5.38. The van der Waals surface area contributed by atoms with Crippen LogP contribution in [0.15, 0.2) is 24.3 Å². The van der Waals surface area contributed by atoms with Crippen molar-refractivity contribution in [1.82, 2.24) is 10.2 Å². The Kier molecular flexibility index (Phi) is 5.87. The largest absolute Gasteiger partial charge is 0.343 e. The molecule has 0 bridgehead atoms. The minimum absolute atomic E-state index is 0. The smallest absolute Gasteiger partial charge is 0.222 e. The van der Waals surface area contributed by atoms with Crippen LogP contribution in [0.5, 0.6) is 0 Å². The van der Waals surface area contributed by atoms with Crippen molar-refractivity contribution in [2.24, 2.45) is 5.41 Å². The van der Waals surface area contributed by atoms with Crippen LogP contribution in [0.1, 0.15) is 36.8 Å². The molecule has 0 aliphatic carbocycles. The van der Waals surface area contributed by atoms with Gasteiger partial charge >= 0.3 is 0 Å². The molecule has 1 amide bonds. The quantitative estimate of drug-likeness (QED) is 0.928. The van der Waals surface area contributed by atoms with Gasteiger partial charge in [0.25, 0.3) is 0 Å². The Bertz CT molecular complexity index is 502. The van der Waals surface area contributed by atoms with E-state index in [0.717, 1.165) is 32.6 Å². The van der Waals surface area contributed by atoms with E-state index in [0.29, 0.717) is 17.7 Å². The fraction of sp³-hybridized carbons (Fsp3) is 0.611. The molecule has 2 aliphatic rings. The van der Waals surface area contributed by atoms with Crippen LogP contribution in [0.2, 0.25) is 0 Å². The highest BCUT2D eigenvalue weighted by molar-refractivity contribution is 5.85. The van der Waals surface area contributed by atoms with Gasteiger partial charge in [0.15, 0.2) is 0 Å². The summed E-state index contributed by atoms with van der Waals surface area (Å²) >= 11 is 0. The van der Waals surface area contributed by atoms with E-state index < -0.39 is 0 Å². The average Bonchev–Trinajstić information content (AvgIpc) is 2.95. The number of hydrogen-bond donors (Lipinski definition) is 1. The summed E-state index contributed by atoms with van der Waals surface area (Å²) in [6.45, 7) is 6.33. The topological polar surface area (TPSA) is 32.3 Å². The molecule has 3 nitrogen and oxygen atoms in total. The van der Waals surface area contributed by atoms with Crippen LogP contribution in [-0.2, 0) is 11.2 Å². The molecule has 2 saturated heterocycles. The summed E-state index contributed by atoms with van der Waals surface area (Å²) < 4.78 is 0. The molecule has 1 aromatic rings. The Labute approximate surface area is 139 Å². The molecular weight excluding hydrogens is 296 g/mol. The number of amides is 1. The molecule has 4 heteroatoms. The van der Waals surface area contributed by atoms with Crippen molar-refractivity contribution in [2.75, 3.05) is 26.2 Å². The average molecular weight is 323 g/mol.